The SMILES string of the molecule is c1ccc(-c2ccc3oc4c5ccccc5c(N(c5ccccc5)c5ccc6ccccc6c5)cc4c3c2)cc1. The van der Waals surface area contributed by atoms with E-state index in [0.717, 1.165) is 49.8 Å². The van der Waals surface area contributed by atoms with Gasteiger partial charge in [0.2, 0.25) is 0 Å². The van der Waals surface area contributed by atoms with Gasteiger partial charge in [0.1, 0.15) is 11.2 Å². The smallest absolute Gasteiger partial charge is 0.143 e. The summed E-state index contributed by atoms with van der Waals surface area (Å²) in [6.45, 7) is 0. The summed E-state index contributed by atoms with van der Waals surface area (Å²) in [4.78, 5) is 2.37. The largest absolute Gasteiger partial charge is 0.455 e. The Kier molecular flexibility index (Phi) is 5.17. The Bertz CT molecular complexity index is 2160. The predicted octanol–water partition coefficient (Wildman–Crippen LogP) is 11.0. The first-order chi connectivity index (χ1) is 19.8. The Morgan fingerprint density at radius 3 is 1.93 bits per heavy atom. The Hall–Kier alpha value is -5.34. The van der Waals surface area contributed by atoms with Crippen LogP contribution >= 0.6 is 0 Å². The zero-order valence-corrected chi connectivity index (χ0v) is 21.8. The van der Waals surface area contributed by atoms with Crippen LogP contribution in [0.25, 0.3) is 54.6 Å². The molecule has 0 aliphatic carbocycles. The Morgan fingerprint density at radius 1 is 0.400 bits per heavy atom. The van der Waals surface area contributed by atoms with E-state index in [9.17, 15) is 0 Å². The molecular weight excluding hydrogens is 486 g/mol. The lowest BCUT2D eigenvalue weighted by atomic mass is 9.99. The van der Waals surface area contributed by atoms with Gasteiger partial charge in [-0.05, 0) is 64.4 Å². The summed E-state index contributed by atoms with van der Waals surface area (Å²) in [5, 5.41) is 6.93. The molecule has 0 bridgehead atoms. The number of hydrogen-bond acceptors (Lipinski definition) is 2. The van der Waals surface area contributed by atoms with Crippen LogP contribution in [0.5, 0.6) is 0 Å². The summed E-state index contributed by atoms with van der Waals surface area (Å²) < 4.78 is 6.54. The molecule has 0 aliphatic heterocycles. The van der Waals surface area contributed by atoms with Crippen LogP contribution in [0.2, 0.25) is 0 Å². The lowest BCUT2D eigenvalue weighted by Crippen LogP contribution is -2.10. The van der Waals surface area contributed by atoms with Crippen LogP contribution in [0.1, 0.15) is 0 Å². The molecule has 1 heterocycles. The highest BCUT2D eigenvalue weighted by Crippen LogP contribution is 2.45. The van der Waals surface area contributed by atoms with Crippen LogP contribution in [0, 0.1) is 0 Å². The molecule has 0 amide bonds. The Balaban J connectivity index is 1.44. The van der Waals surface area contributed by atoms with Crippen molar-refractivity contribution in [2.45, 2.75) is 0 Å². The summed E-state index contributed by atoms with van der Waals surface area (Å²) >= 11 is 0. The first kappa shape index (κ1) is 22.6. The van der Waals surface area contributed by atoms with Crippen LogP contribution in [0.3, 0.4) is 0 Å². The van der Waals surface area contributed by atoms with E-state index in [0.29, 0.717) is 0 Å². The van der Waals surface area contributed by atoms with Gasteiger partial charge in [-0.1, -0.05) is 109 Å². The maximum atomic E-state index is 6.54. The van der Waals surface area contributed by atoms with Crippen LogP contribution in [-0.2, 0) is 0 Å². The van der Waals surface area contributed by atoms with E-state index in [1.807, 2.05) is 0 Å². The van der Waals surface area contributed by atoms with Gasteiger partial charge < -0.3 is 9.32 Å². The number of nitrogens with zero attached hydrogens (tertiary/aromatic N) is 1. The minimum atomic E-state index is 0.897. The van der Waals surface area contributed by atoms with E-state index < -0.39 is 0 Å². The van der Waals surface area contributed by atoms with Crippen LogP contribution in [-0.4, -0.2) is 0 Å². The summed E-state index contributed by atoms with van der Waals surface area (Å²) in [5.41, 5.74) is 7.55. The second-order valence-corrected chi connectivity index (χ2v) is 10.2. The average molecular weight is 512 g/mol. The molecule has 2 heteroatoms. The molecule has 0 fully saturated rings. The average Bonchev–Trinajstić information content (AvgIpc) is 3.40. The quantitative estimate of drug-likeness (QED) is 0.234. The Morgan fingerprint density at radius 2 is 1.10 bits per heavy atom. The third-order valence-corrected chi connectivity index (χ3v) is 7.81. The van der Waals surface area contributed by atoms with Crippen LogP contribution in [0.4, 0.5) is 17.1 Å². The third-order valence-electron chi connectivity index (χ3n) is 7.81. The second-order valence-electron chi connectivity index (χ2n) is 10.2. The summed E-state index contributed by atoms with van der Waals surface area (Å²) in [6.07, 6.45) is 0. The molecular formula is C38H25NO. The van der Waals surface area contributed by atoms with Crippen molar-refractivity contribution in [3.05, 3.63) is 152 Å². The maximum absolute atomic E-state index is 6.54. The number of rotatable bonds is 4. The number of benzene rings is 7. The van der Waals surface area contributed by atoms with Gasteiger partial charge in [0.15, 0.2) is 0 Å². The van der Waals surface area contributed by atoms with Gasteiger partial charge in [-0.2, -0.15) is 0 Å². The topological polar surface area (TPSA) is 16.4 Å². The number of furan rings is 1. The molecule has 1 aromatic heterocycles. The van der Waals surface area contributed by atoms with Gasteiger partial charge in [-0.3, -0.25) is 0 Å². The molecule has 7 aromatic carbocycles. The third kappa shape index (κ3) is 3.65. The van der Waals surface area contributed by atoms with E-state index in [1.165, 1.54) is 21.9 Å². The van der Waals surface area contributed by atoms with Crippen molar-refractivity contribution in [2.75, 3.05) is 4.90 Å². The van der Waals surface area contributed by atoms with Crippen molar-refractivity contribution in [2.24, 2.45) is 0 Å². The number of para-hydroxylation sites is 1. The fourth-order valence-corrected chi connectivity index (χ4v) is 5.89. The van der Waals surface area contributed by atoms with Crippen molar-refractivity contribution in [1.82, 2.24) is 0 Å². The van der Waals surface area contributed by atoms with Gasteiger partial charge in [-0.25, -0.2) is 0 Å². The highest BCUT2D eigenvalue weighted by atomic mass is 16.3. The van der Waals surface area contributed by atoms with Crippen molar-refractivity contribution >= 4 is 60.5 Å². The van der Waals surface area contributed by atoms with E-state index in [4.69, 9.17) is 4.42 Å². The molecule has 0 saturated carbocycles. The fraction of sp³-hybridized carbons (Fsp3) is 0. The van der Waals surface area contributed by atoms with E-state index in [-0.39, 0.29) is 0 Å². The molecule has 0 radical (unpaired) electrons. The molecule has 2 nitrogen and oxygen atoms in total. The summed E-state index contributed by atoms with van der Waals surface area (Å²) in [7, 11) is 0. The minimum Gasteiger partial charge on any atom is -0.455 e. The standard InChI is InChI=1S/C38H25NO/c1-3-11-26(12-4-1)29-20-22-37-34(24-29)35-25-36(32-17-9-10-18-33(32)38(35)40-37)39(30-15-5-2-6-16-30)31-21-19-27-13-7-8-14-28(27)23-31/h1-25H. The molecule has 8 rings (SSSR count). The Labute approximate surface area is 232 Å². The van der Waals surface area contributed by atoms with Crippen molar-refractivity contribution in [3.8, 4) is 11.1 Å². The van der Waals surface area contributed by atoms with Crippen molar-refractivity contribution < 1.29 is 4.42 Å². The van der Waals surface area contributed by atoms with E-state index >= 15 is 0 Å². The lowest BCUT2D eigenvalue weighted by Gasteiger charge is -2.27. The highest BCUT2D eigenvalue weighted by molar-refractivity contribution is 6.20. The normalized spacial score (nSPS) is 11.5. The first-order valence-electron chi connectivity index (χ1n) is 13.6. The van der Waals surface area contributed by atoms with E-state index in [2.05, 4.69) is 157 Å². The van der Waals surface area contributed by atoms with Gasteiger partial charge in [-0.15, -0.1) is 0 Å². The molecule has 40 heavy (non-hydrogen) atoms. The van der Waals surface area contributed by atoms with Gasteiger partial charge >= 0.3 is 0 Å². The zero-order valence-electron chi connectivity index (χ0n) is 21.8. The fourth-order valence-electron chi connectivity index (χ4n) is 5.89. The molecule has 0 atom stereocenters. The molecule has 0 unspecified atom stereocenters. The number of anilines is 3. The lowest BCUT2D eigenvalue weighted by molar-refractivity contribution is 0.672. The summed E-state index contributed by atoms with van der Waals surface area (Å²) in [5.74, 6) is 0. The second kappa shape index (κ2) is 9.14. The van der Waals surface area contributed by atoms with Gasteiger partial charge in [0.05, 0.1) is 5.69 Å². The molecule has 0 aliphatic rings. The van der Waals surface area contributed by atoms with Gasteiger partial charge in [0, 0.05) is 32.9 Å². The minimum absolute atomic E-state index is 0.897. The number of hydrogen-bond donors (Lipinski definition) is 0. The molecule has 0 saturated heterocycles. The summed E-state index contributed by atoms with van der Waals surface area (Å²) in [6, 6.07) is 53.8. The highest BCUT2D eigenvalue weighted by Gasteiger charge is 2.20. The first-order valence-corrected chi connectivity index (χ1v) is 13.6. The maximum Gasteiger partial charge on any atom is 0.143 e. The molecule has 8 aromatic rings. The monoisotopic (exact) mass is 511 g/mol. The van der Waals surface area contributed by atoms with Crippen LogP contribution in [0.15, 0.2) is 156 Å². The number of fused-ring (bicyclic) bond motifs is 6. The van der Waals surface area contributed by atoms with Gasteiger partial charge in [0.25, 0.3) is 0 Å². The molecule has 0 spiro atoms. The van der Waals surface area contributed by atoms with Crippen LogP contribution < -0.4 is 4.90 Å². The predicted molar refractivity (Wildman–Crippen MR) is 169 cm³/mol. The van der Waals surface area contributed by atoms with E-state index in [1.54, 1.807) is 0 Å². The zero-order chi connectivity index (χ0) is 26.5. The molecule has 0 N–H and O–H groups in total. The van der Waals surface area contributed by atoms with Crippen molar-refractivity contribution in [1.29, 1.82) is 0 Å². The van der Waals surface area contributed by atoms with Crippen molar-refractivity contribution in [3.63, 3.8) is 0 Å². The molecule has 188 valence electrons.